The topological polar surface area (TPSA) is 46.2 Å². The number of alkyl halides is 3. The molecule has 0 unspecified atom stereocenters. The van der Waals surface area contributed by atoms with Gasteiger partial charge in [0.25, 0.3) is 0 Å². The molecule has 0 heterocycles. The molecule has 0 saturated carbocycles. The lowest BCUT2D eigenvalue weighted by Crippen LogP contribution is -2.43. The van der Waals surface area contributed by atoms with Crippen molar-refractivity contribution in [1.82, 2.24) is 4.72 Å². The van der Waals surface area contributed by atoms with Gasteiger partial charge in [0.1, 0.15) is 13.9 Å². The lowest BCUT2D eigenvalue weighted by Gasteiger charge is -2.38. The number of hydrogen-bond donors (Lipinski definition) is 1. The summed E-state index contributed by atoms with van der Waals surface area (Å²) in [5.41, 5.74) is -0.690. The van der Waals surface area contributed by atoms with E-state index in [1.165, 1.54) is 10.8 Å². The van der Waals surface area contributed by atoms with Gasteiger partial charge in [-0.1, -0.05) is 53.5 Å². The van der Waals surface area contributed by atoms with Crippen molar-refractivity contribution in [2.45, 2.75) is 70.2 Å². The summed E-state index contributed by atoms with van der Waals surface area (Å²) in [4.78, 5) is 0. The van der Waals surface area contributed by atoms with Crippen LogP contribution in [0.3, 0.4) is 0 Å². The molecule has 0 fully saturated rings. The highest BCUT2D eigenvalue weighted by atomic mass is 32.2. The Bertz CT molecular complexity index is 831. The Morgan fingerprint density at radius 1 is 1.04 bits per heavy atom. The van der Waals surface area contributed by atoms with E-state index >= 15 is 0 Å². The van der Waals surface area contributed by atoms with Gasteiger partial charge >= 0.3 is 15.5 Å². The van der Waals surface area contributed by atoms with E-state index in [-0.39, 0.29) is 11.1 Å². The first-order chi connectivity index (χ1) is 12.6. The molecule has 0 spiro atoms. The largest absolute Gasteiger partial charge is 0.511 e. The molecular formula is C19H27F4NO2SSi. The minimum absolute atomic E-state index is 0.195. The molecule has 0 aliphatic carbocycles. The molecule has 0 bridgehead atoms. The number of benzene rings is 1. The maximum atomic E-state index is 13.7. The van der Waals surface area contributed by atoms with Gasteiger partial charge in [-0.25, -0.2) is 17.5 Å². The first-order valence-electron chi connectivity index (χ1n) is 9.02. The van der Waals surface area contributed by atoms with Crippen LogP contribution in [0.2, 0.25) is 16.6 Å². The lowest BCUT2D eigenvalue weighted by atomic mass is 10.1. The number of rotatable bonds is 6. The van der Waals surface area contributed by atoms with Crippen molar-refractivity contribution in [3.63, 3.8) is 0 Å². The molecule has 3 nitrogen and oxygen atoms in total. The highest BCUT2D eigenvalue weighted by Crippen LogP contribution is 2.40. The van der Waals surface area contributed by atoms with Crippen molar-refractivity contribution in [3.8, 4) is 11.5 Å². The number of nitrogens with one attached hydrogen (secondary N) is 1. The molecule has 1 aromatic carbocycles. The summed E-state index contributed by atoms with van der Waals surface area (Å²) in [7, 11) is -7.63. The van der Waals surface area contributed by atoms with Gasteiger partial charge in [0.15, 0.2) is 0 Å². The normalized spacial score (nSPS) is 13.2. The Balaban J connectivity index is 3.38. The fourth-order valence-corrected chi connectivity index (χ4v) is 9.41. The van der Waals surface area contributed by atoms with Gasteiger partial charge in [-0.05, 0) is 34.3 Å². The highest BCUT2D eigenvalue weighted by Gasteiger charge is 2.45. The molecule has 1 rings (SSSR count). The van der Waals surface area contributed by atoms with E-state index in [0.29, 0.717) is 16.6 Å². The van der Waals surface area contributed by atoms with Crippen LogP contribution in [0.1, 0.15) is 52.7 Å². The van der Waals surface area contributed by atoms with E-state index in [1.807, 2.05) is 0 Å². The Morgan fingerprint density at radius 3 is 1.96 bits per heavy atom. The van der Waals surface area contributed by atoms with E-state index in [1.54, 1.807) is 0 Å². The second kappa shape index (κ2) is 8.97. The van der Waals surface area contributed by atoms with Crippen molar-refractivity contribution >= 4 is 18.1 Å². The van der Waals surface area contributed by atoms with Crippen LogP contribution in [0.15, 0.2) is 18.2 Å². The maximum Gasteiger partial charge on any atom is 0.511 e. The molecular weight excluding hydrogens is 410 g/mol. The molecule has 0 aliphatic rings. The van der Waals surface area contributed by atoms with Gasteiger partial charge in [-0.15, -0.1) is 5.54 Å². The van der Waals surface area contributed by atoms with Crippen molar-refractivity contribution in [1.29, 1.82) is 0 Å². The zero-order valence-electron chi connectivity index (χ0n) is 16.9. The van der Waals surface area contributed by atoms with E-state index in [2.05, 4.69) is 53.0 Å². The van der Waals surface area contributed by atoms with Crippen LogP contribution in [-0.4, -0.2) is 22.0 Å². The highest BCUT2D eigenvalue weighted by molar-refractivity contribution is 7.90. The SMILES string of the molecule is CC(C)[Si](C#Cc1cc(F)ccc1CNS(=O)(=O)C(F)(F)F)(C(C)C)C(C)C. The second-order valence-corrected chi connectivity index (χ2v) is 15.1. The minimum Gasteiger partial charge on any atom is -0.207 e. The smallest absolute Gasteiger partial charge is 0.207 e. The summed E-state index contributed by atoms with van der Waals surface area (Å²) < 4.78 is 75.4. The Morgan fingerprint density at radius 2 is 1.54 bits per heavy atom. The van der Waals surface area contributed by atoms with Crippen LogP contribution < -0.4 is 4.72 Å². The summed E-state index contributed by atoms with van der Waals surface area (Å²) in [6.07, 6.45) is 0. The monoisotopic (exact) mass is 437 g/mol. The molecule has 1 aromatic rings. The average molecular weight is 438 g/mol. The molecule has 0 radical (unpaired) electrons. The molecule has 0 aliphatic heterocycles. The fourth-order valence-electron chi connectivity index (χ4n) is 3.68. The van der Waals surface area contributed by atoms with Crippen LogP contribution in [0, 0.1) is 17.3 Å². The zero-order valence-corrected chi connectivity index (χ0v) is 18.7. The zero-order chi connectivity index (χ0) is 21.9. The standard InChI is InChI=1S/C19H27F4NO2SSi/c1-13(2)28(14(3)4,15(5)6)10-9-16-11-18(20)8-7-17(16)12-24-27(25,26)19(21,22)23/h7-8,11,13-15,24H,12H2,1-6H3. The molecule has 1 N–H and O–H groups in total. The number of sulfonamides is 1. The molecule has 158 valence electrons. The van der Waals surface area contributed by atoms with Crippen LogP contribution in [0.25, 0.3) is 0 Å². The van der Waals surface area contributed by atoms with Gasteiger partial charge in [-0.3, -0.25) is 0 Å². The third kappa shape index (κ3) is 5.36. The van der Waals surface area contributed by atoms with Gasteiger partial charge < -0.3 is 0 Å². The van der Waals surface area contributed by atoms with E-state index in [9.17, 15) is 26.0 Å². The van der Waals surface area contributed by atoms with E-state index in [0.717, 1.165) is 12.1 Å². The summed E-state index contributed by atoms with van der Waals surface area (Å²) >= 11 is 0. The van der Waals surface area contributed by atoms with E-state index < -0.39 is 36.0 Å². The van der Waals surface area contributed by atoms with Crippen LogP contribution in [-0.2, 0) is 16.6 Å². The first-order valence-corrected chi connectivity index (χ1v) is 12.7. The van der Waals surface area contributed by atoms with Crippen molar-refractivity contribution < 1.29 is 26.0 Å². The lowest BCUT2D eigenvalue weighted by molar-refractivity contribution is -0.0448. The quantitative estimate of drug-likeness (QED) is 0.371. The van der Waals surface area contributed by atoms with Gasteiger partial charge in [-0.2, -0.15) is 13.2 Å². The molecule has 0 amide bonds. The summed E-state index contributed by atoms with van der Waals surface area (Å²) in [5, 5.41) is 0. The number of hydrogen-bond acceptors (Lipinski definition) is 2. The third-order valence-corrected chi connectivity index (χ3v) is 12.5. The Labute approximate surface area is 166 Å². The average Bonchev–Trinajstić information content (AvgIpc) is 2.52. The van der Waals surface area contributed by atoms with Crippen LogP contribution in [0.4, 0.5) is 17.6 Å². The van der Waals surface area contributed by atoms with Crippen LogP contribution >= 0.6 is 0 Å². The third-order valence-electron chi connectivity index (χ3n) is 5.11. The van der Waals surface area contributed by atoms with Crippen molar-refractivity contribution in [3.05, 3.63) is 35.1 Å². The second-order valence-electron chi connectivity index (χ2n) is 7.72. The van der Waals surface area contributed by atoms with Crippen LogP contribution in [0.5, 0.6) is 0 Å². The Hall–Kier alpha value is -1.37. The van der Waals surface area contributed by atoms with E-state index in [4.69, 9.17) is 0 Å². The first kappa shape index (κ1) is 24.7. The minimum atomic E-state index is -5.49. The van der Waals surface area contributed by atoms with Crippen molar-refractivity contribution in [2.24, 2.45) is 0 Å². The summed E-state index contributed by atoms with van der Waals surface area (Å²) in [6.45, 7) is 12.0. The van der Waals surface area contributed by atoms with Gasteiger partial charge in [0.2, 0.25) is 0 Å². The number of halogens is 4. The predicted octanol–water partition coefficient (Wildman–Crippen LogP) is 5.33. The predicted molar refractivity (Wildman–Crippen MR) is 106 cm³/mol. The van der Waals surface area contributed by atoms with Gasteiger partial charge in [0.05, 0.1) is 0 Å². The molecule has 0 saturated heterocycles. The maximum absolute atomic E-state index is 13.7. The molecule has 0 aromatic heterocycles. The summed E-state index contributed by atoms with van der Waals surface area (Å²) in [6, 6.07) is 3.45. The van der Waals surface area contributed by atoms with Crippen molar-refractivity contribution in [2.75, 3.05) is 0 Å². The summed E-state index contributed by atoms with van der Waals surface area (Å²) in [5.74, 6) is 2.38. The fraction of sp³-hybridized carbons (Fsp3) is 0.579. The Kier molecular flexibility index (Phi) is 7.90. The van der Waals surface area contributed by atoms with Gasteiger partial charge in [0, 0.05) is 12.1 Å². The molecule has 28 heavy (non-hydrogen) atoms. The molecule has 9 heteroatoms. The molecule has 0 atom stereocenters.